The van der Waals surface area contributed by atoms with E-state index in [1.165, 1.54) is 16.8 Å². The highest BCUT2D eigenvalue weighted by atomic mass is 32.2. The molecule has 2 aromatic rings. The Kier molecular flexibility index (Phi) is 4.10. The Labute approximate surface area is 128 Å². The summed E-state index contributed by atoms with van der Waals surface area (Å²) in [6.45, 7) is 5.54. The fraction of sp³-hybridized carbons (Fsp3) is 0.333. The molecular formula is C15H18N2O4S. The minimum Gasteiger partial charge on any atom is -0.299 e. The lowest BCUT2D eigenvalue weighted by Crippen LogP contribution is -2.22. The Morgan fingerprint density at radius 1 is 1.27 bits per heavy atom. The molecule has 1 heterocycles. The number of aromatic amines is 1. The number of benzene rings is 1. The lowest BCUT2D eigenvalue weighted by atomic mass is 10.0. The number of hydrogen-bond donors (Lipinski definition) is 1. The van der Waals surface area contributed by atoms with Crippen LogP contribution in [0.2, 0.25) is 0 Å². The number of carbonyl (C=O) groups is 1. The van der Waals surface area contributed by atoms with Crippen molar-refractivity contribution in [3.8, 4) is 0 Å². The van der Waals surface area contributed by atoms with Crippen LogP contribution in [-0.2, 0) is 16.4 Å². The summed E-state index contributed by atoms with van der Waals surface area (Å²) in [6.07, 6.45) is 1.05. The number of carbonyl (C=O) groups excluding carboxylic acids is 1. The second-order valence-corrected chi connectivity index (χ2v) is 7.25. The number of H-pyrrole nitrogens is 1. The minimum atomic E-state index is -3.57. The van der Waals surface area contributed by atoms with E-state index in [0.29, 0.717) is 12.2 Å². The SMILES string of the molecule is CCn1[nH]c(C)c(C(=O)c2ccc(C)cc2S(C)(=O)=O)c1=O. The van der Waals surface area contributed by atoms with Gasteiger partial charge in [-0.1, -0.05) is 6.07 Å². The van der Waals surface area contributed by atoms with Gasteiger partial charge in [0.25, 0.3) is 5.56 Å². The summed E-state index contributed by atoms with van der Waals surface area (Å²) in [5.41, 5.74) is 0.724. The van der Waals surface area contributed by atoms with E-state index in [0.717, 1.165) is 11.8 Å². The van der Waals surface area contributed by atoms with Crippen molar-refractivity contribution in [2.75, 3.05) is 6.26 Å². The highest BCUT2D eigenvalue weighted by Gasteiger charge is 2.25. The third kappa shape index (κ3) is 2.76. The van der Waals surface area contributed by atoms with Crippen LogP contribution in [0.4, 0.5) is 0 Å². The van der Waals surface area contributed by atoms with E-state index in [1.54, 1.807) is 26.8 Å². The Bertz CT molecular complexity index is 904. The van der Waals surface area contributed by atoms with Gasteiger partial charge in [0.1, 0.15) is 5.56 Å². The summed E-state index contributed by atoms with van der Waals surface area (Å²) in [6, 6.07) is 4.56. The van der Waals surface area contributed by atoms with E-state index in [9.17, 15) is 18.0 Å². The van der Waals surface area contributed by atoms with Crippen molar-refractivity contribution in [2.24, 2.45) is 0 Å². The maximum atomic E-state index is 12.7. The zero-order valence-electron chi connectivity index (χ0n) is 12.9. The van der Waals surface area contributed by atoms with Crippen molar-refractivity contribution in [2.45, 2.75) is 32.2 Å². The average Bonchev–Trinajstić information content (AvgIpc) is 2.71. The third-order valence-electron chi connectivity index (χ3n) is 3.46. The first-order chi connectivity index (χ1) is 10.2. The number of sulfone groups is 1. The van der Waals surface area contributed by atoms with Gasteiger partial charge in [-0.05, 0) is 38.5 Å². The molecule has 6 nitrogen and oxygen atoms in total. The first kappa shape index (κ1) is 16.2. The van der Waals surface area contributed by atoms with E-state index in [2.05, 4.69) is 5.10 Å². The largest absolute Gasteiger partial charge is 0.299 e. The van der Waals surface area contributed by atoms with E-state index >= 15 is 0 Å². The zero-order valence-corrected chi connectivity index (χ0v) is 13.7. The summed E-state index contributed by atoms with van der Waals surface area (Å²) in [5, 5.41) is 2.82. The normalized spacial score (nSPS) is 11.6. The molecule has 1 aromatic heterocycles. The Balaban J connectivity index is 2.71. The van der Waals surface area contributed by atoms with Crippen LogP contribution >= 0.6 is 0 Å². The van der Waals surface area contributed by atoms with Gasteiger partial charge in [-0.3, -0.25) is 19.4 Å². The van der Waals surface area contributed by atoms with Gasteiger partial charge in [-0.15, -0.1) is 0 Å². The minimum absolute atomic E-state index is 0.0180. The number of aromatic nitrogens is 2. The Morgan fingerprint density at radius 3 is 2.41 bits per heavy atom. The quantitative estimate of drug-likeness (QED) is 0.863. The molecule has 1 aromatic carbocycles. The number of hydrogen-bond acceptors (Lipinski definition) is 4. The molecule has 0 aliphatic carbocycles. The van der Waals surface area contributed by atoms with Crippen LogP contribution in [0.15, 0.2) is 27.9 Å². The van der Waals surface area contributed by atoms with E-state index < -0.39 is 21.2 Å². The molecule has 7 heteroatoms. The lowest BCUT2D eigenvalue weighted by molar-refractivity contribution is 0.103. The maximum absolute atomic E-state index is 12.7. The standard InChI is InChI=1S/C15H18N2O4S/c1-5-17-15(19)13(10(3)16-17)14(18)11-7-6-9(2)8-12(11)22(4,20)21/h6-8,16H,5H2,1-4H3. The second-order valence-electron chi connectivity index (χ2n) is 5.26. The van der Waals surface area contributed by atoms with Gasteiger partial charge in [-0.25, -0.2) is 8.42 Å². The maximum Gasteiger partial charge on any atom is 0.278 e. The van der Waals surface area contributed by atoms with Crippen molar-refractivity contribution >= 4 is 15.6 Å². The summed E-state index contributed by atoms with van der Waals surface area (Å²) < 4.78 is 25.2. The molecular weight excluding hydrogens is 304 g/mol. The topological polar surface area (TPSA) is 89.0 Å². The molecule has 0 aliphatic rings. The van der Waals surface area contributed by atoms with E-state index in [-0.39, 0.29) is 16.0 Å². The van der Waals surface area contributed by atoms with Crippen LogP contribution in [0.3, 0.4) is 0 Å². The molecule has 0 saturated carbocycles. The molecule has 0 unspecified atom stereocenters. The fourth-order valence-corrected chi connectivity index (χ4v) is 3.31. The van der Waals surface area contributed by atoms with Crippen molar-refractivity contribution in [3.05, 3.63) is 50.9 Å². The van der Waals surface area contributed by atoms with E-state index in [1.807, 2.05) is 0 Å². The highest BCUT2D eigenvalue weighted by molar-refractivity contribution is 7.90. The van der Waals surface area contributed by atoms with E-state index in [4.69, 9.17) is 0 Å². The molecule has 0 fully saturated rings. The van der Waals surface area contributed by atoms with Crippen LogP contribution in [0.5, 0.6) is 0 Å². The number of nitrogens with one attached hydrogen (secondary N) is 1. The molecule has 0 amide bonds. The van der Waals surface area contributed by atoms with Crippen LogP contribution in [-0.4, -0.2) is 30.2 Å². The fourth-order valence-electron chi connectivity index (χ4n) is 2.35. The Morgan fingerprint density at radius 2 is 1.91 bits per heavy atom. The van der Waals surface area contributed by atoms with Crippen molar-refractivity contribution in [1.82, 2.24) is 9.78 Å². The average molecular weight is 322 g/mol. The predicted molar refractivity (Wildman–Crippen MR) is 83.2 cm³/mol. The third-order valence-corrected chi connectivity index (χ3v) is 4.60. The highest BCUT2D eigenvalue weighted by Crippen LogP contribution is 2.21. The molecule has 0 atom stereocenters. The van der Waals surface area contributed by atoms with Gasteiger partial charge in [0.2, 0.25) is 5.78 Å². The summed E-state index contributed by atoms with van der Waals surface area (Å²) in [4.78, 5) is 24.9. The summed E-state index contributed by atoms with van der Waals surface area (Å²) in [5.74, 6) is -0.577. The van der Waals surface area contributed by atoms with Gasteiger partial charge in [0, 0.05) is 24.1 Å². The predicted octanol–water partition coefficient (Wildman–Crippen LogP) is 1.45. The van der Waals surface area contributed by atoms with Crippen LogP contribution in [0.25, 0.3) is 0 Å². The molecule has 0 radical (unpaired) electrons. The van der Waals surface area contributed by atoms with Gasteiger partial charge in [-0.2, -0.15) is 0 Å². The summed E-state index contributed by atoms with van der Waals surface area (Å²) >= 11 is 0. The molecule has 118 valence electrons. The van der Waals surface area contributed by atoms with Gasteiger partial charge >= 0.3 is 0 Å². The molecule has 0 saturated heterocycles. The van der Waals surface area contributed by atoms with Crippen molar-refractivity contribution in [1.29, 1.82) is 0 Å². The molecule has 22 heavy (non-hydrogen) atoms. The van der Waals surface area contributed by atoms with Gasteiger partial charge < -0.3 is 0 Å². The zero-order chi connectivity index (χ0) is 16.7. The van der Waals surface area contributed by atoms with Gasteiger partial charge in [0.15, 0.2) is 9.84 Å². The van der Waals surface area contributed by atoms with Crippen LogP contribution in [0.1, 0.15) is 34.1 Å². The second kappa shape index (κ2) is 5.57. The molecule has 0 bridgehead atoms. The van der Waals surface area contributed by atoms with Crippen LogP contribution in [0, 0.1) is 13.8 Å². The number of rotatable bonds is 4. The number of aryl methyl sites for hydroxylation is 3. The van der Waals surface area contributed by atoms with Crippen LogP contribution < -0.4 is 5.56 Å². The number of ketones is 1. The Hall–Kier alpha value is -2.15. The molecule has 0 spiro atoms. The molecule has 2 rings (SSSR count). The lowest BCUT2D eigenvalue weighted by Gasteiger charge is -2.07. The first-order valence-electron chi connectivity index (χ1n) is 6.81. The van der Waals surface area contributed by atoms with Crippen molar-refractivity contribution in [3.63, 3.8) is 0 Å². The van der Waals surface area contributed by atoms with Crippen molar-refractivity contribution < 1.29 is 13.2 Å². The number of nitrogens with zero attached hydrogens (tertiary/aromatic N) is 1. The monoisotopic (exact) mass is 322 g/mol. The first-order valence-corrected chi connectivity index (χ1v) is 8.70. The summed E-state index contributed by atoms with van der Waals surface area (Å²) in [7, 11) is -3.57. The smallest absolute Gasteiger partial charge is 0.278 e. The molecule has 0 aliphatic heterocycles. The van der Waals surface area contributed by atoms with Gasteiger partial charge in [0.05, 0.1) is 4.90 Å². The molecule has 1 N–H and O–H groups in total.